The van der Waals surface area contributed by atoms with E-state index in [2.05, 4.69) is 15.8 Å². The van der Waals surface area contributed by atoms with E-state index >= 15 is 0 Å². The number of non-ortho nitro benzene ring substituents is 1. The van der Waals surface area contributed by atoms with Gasteiger partial charge in [-0.25, -0.2) is 10.2 Å². The van der Waals surface area contributed by atoms with E-state index in [1.54, 1.807) is 19.1 Å². The van der Waals surface area contributed by atoms with Crippen LogP contribution >= 0.6 is 0 Å². The number of esters is 1. The first-order chi connectivity index (χ1) is 14.7. The number of ether oxygens (including phenoxy) is 1. The summed E-state index contributed by atoms with van der Waals surface area (Å²) in [5, 5.41) is 17.3. The zero-order valence-electron chi connectivity index (χ0n) is 16.9. The molecule has 0 atom stereocenters. The highest BCUT2D eigenvalue weighted by Crippen LogP contribution is 2.18. The number of nitro groups is 1. The Morgan fingerprint density at radius 1 is 1.13 bits per heavy atom. The molecule has 4 N–H and O–H groups in total. The van der Waals surface area contributed by atoms with Gasteiger partial charge in [-0.3, -0.25) is 19.7 Å². The Kier molecular flexibility index (Phi) is 7.78. The number of benzene rings is 2. The topological polar surface area (TPSA) is 166 Å². The lowest BCUT2D eigenvalue weighted by atomic mass is 10.1. The van der Waals surface area contributed by atoms with E-state index in [9.17, 15) is 24.5 Å². The number of nitro benzene ring substituents is 1. The summed E-state index contributed by atoms with van der Waals surface area (Å²) in [6.07, 6.45) is -0.114. The largest absolute Gasteiger partial charge is 0.462 e. The molecule has 0 spiro atoms. The van der Waals surface area contributed by atoms with E-state index in [0.29, 0.717) is 17.0 Å². The highest BCUT2D eigenvalue weighted by molar-refractivity contribution is 6.06. The molecule has 2 amide bonds. The number of nitrogens with zero attached hydrogens (tertiary/aromatic N) is 2. The van der Waals surface area contributed by atoms with Crippen molar-refractivity contribution in [2.75, 3.05) is 17.7 Å². The molecule has 0 bridgehead atoms. The Balaban J connectivity index is 1.93. The second-order valence-corrected chi connectivity index (χ2v) is 6.38. The van der Waals surface area contributed by atoms with Crippen molar-refractivity contribution in [3.63, 3.8) is 0 Å². The predicted molar refractivity (Wildman–Crippen MR) is 114 cm³/mol. The number of hydrazone groups is 1. The van der Waals surface area contributed by atoms with Gasteiger partial charge in [0.15, 0.2) is 0 Å². The molecule has 0 saturated carbocycles. The molecule has 0 unspecified atom stereocenters. The van der Waals surface area contributed by atoms with Crippen molar-refractivity contribution in [1.29, 1.82) is 0 Å². The Labute approximate surface area is 177 Å². The van der Waals surface area contributed by atoms with Crippen LogP contribution in [0.15, 0.2) is 47.6 Å². The predicted octanol–water partition coefficient (Wildman–Crippen LogP) is 2.49. The van der Waals surface area contributed by atoms with Gasteiger partial charge in [0, 0.05) is 29.2 Å². The Hall–Kier alpha value is -4.28. The van der Waals surface area contributed by atoms with Crippen LogP contribution < -0.4 is 16.5 Å². The van der Waals surface area contributed by atoms with Crippen LogP contribution in [0.5, 0.6) is 0 Å². The molecule has 0 aliphatic carbocycles. The Bertz CT molecular complexity index is 1030. The van der Waals surface area contributed by atoms with Crippen LogP contribution in [0, 0.1) is 10.1 Å². The molecule has 0 aliphatic rings. The third-order valence-corrected chi connectivity index (χ3v) is 3.86. The van der Waals surface area contributed by atoms with Gasteiger partial charge in [0.1, 0.15) is 0 Å². The number of rotatable bonds is 8. The maximum absolute atomic E-state index is 12.2. The van der Waals surface area contributed by atoms with Crippen molar-refractivity contribution < 1.29 is 24.0 Å². The Morgan fingerprint density at radius 2 is 1.81 bits per heavy atom. The minimum absolute atomic E-state index is 0.0330. The summed E-state index contributed by atoms with van der Waals surface area (Å²) in [5.74, 6) is -1.55. The molecule has 11 nitrogen and oxygen atoms in total. The van der Waals surface area contributed by atoms with E-state index in [4.69, 9.17) is 10.5 Å². The molecule has 162 valence electrons. The monoisotopic (exact) mass is 427 g/mol. The summed E-state index contributed by atoms with van der Waals surface area (Å²) in [6.45, 7) is 3.50. The lowest BCUT2D eigenvalue weighted by Crippen LogP contribution is -2.21. The van der Waals surface area contributed by atoms with Crippen molar-refractivity contribution in [1.82, 2.24) is 5.43 Å². The summed E-state index contributed by atoms with van der Waals surface area (Å²) in [7, 11) is 0. The van der Waals surface area contributed by atoms with Crippen molar-refractivity contribution >= 4 is 40.6 Å². The van der Waals surface area contributed by atoms with Gasteiger partial charge in [0.2, 0.25) is 5.91 Å². The molecule has 0 saturated heterocycles. The minimum Gasteiger partial charge on any atom is -0.462 e. The van der Waals surface area contributed by atoms with Gasteiger partial charge >= 0.3 is 5.97 Å². The van der Waals surface area contributed by atoms with Gasteiger partial charge in [-0.1, -0.05) is 0 Å². The number of carbonyl (C=O) groups is 3. The van der Waals surface area contributed by atoms with E-state index in [1.807, 2.05) is 0 Å². The highest BCUT2D eigenvalue weighted by Gasteiger charge is 2.14. The quantitative estimate of drug-likeness (QED) is 0.191. The van der Waals surface area contributed by atoms with Crippen molar-refractivity contribution in [2.24, 2.45) is 5.10 Å². The normalized spacial score (nSPS) is 10.8. The lowest BCUT2D eigenvalue weighted by molar-refractivity contribution is -0.384. The molecule has 2 aromatic carbocycles. The van der Waals surface area contributed by atoms with Crippen LogP contribution in [-0.4, -0.2) is 35.0 Å². The van der Waals surface area contributed by atoms with Gasteiger partial charge in [0.25, 0.3) is 11.6 Å². The SMILES string of the molecule is CCOC(=O)c1ccc(NC(=O)C/C(C)=N/NC(=O)c2cc(N)cc([N+](=O)[O-])c2)cc1. The first kappa shape index (κ1) is 23.0. The number of nitrogen functional groups attached to an aromatic ring is 1. The van der Waals surface area contributed by atoms with Crippen LogP contribution in [-0.2, 0) is 9.53 Å². The van der Waals surface area contributed by atoms with E-state index in [0.717, 1.165) is 12.1 Å². The van der Waals surface area contributed by atoms with Crippen LogP contribution in [0.25, 0.3) is 0 Å². The van der Waals surface area contributed by atoms with Crippen molar-refractivity contribution in [2.45, 2.75) is 20.3 Å². The molecule has 0 radical (unpaired) electrons. The molecule has 0 aromatic heterocycles. The average Bonchev–Trinajstić information content (AvgIpc) is 2.72. The smallest absolute Gasteiger partial charge is 0.338 e. The van der Waals surface area contributed by atoms with Crippen molar-refractivity contribution in [3.8, 4) is 0 Å². The molecule has 0 aliphatic heterocycles. The van der Waals surface area contributed by atoms with Crippen LogP contribution in [0.3, 0.4) is 0 Å². The maximum Gasteiger partial charge on any atom is 0.338 e. The van der Waals surface area contributed by atoms with Gasteiger partial charge in [-0.2, -0.15) is 5.10 Å². The molecular formula is C20H21N5O6. The van der Waals surface area contributed by atoms with Gasteiger partial charge < -0.3 is 15.8 Å². The molecule has 2 rings (SSSR count). The summed E-state index contributed by atoms with van der Waals surface area (Å²) in [4.78, 5) is 46.1. The summed E-state index contributed by atoms with van der Waals surface area (Å²) < 4.78 is 4.89. The number of nitrogens with two attached hydrogens (primary N) is 1. The molecular weight excluding hydrogens is 406 g/mol. The fraction of sp³-hybridized carbons (Fsp3) is 0.200. The average molecular weight is 427 g/mol. The van der Waals surface area contributed by atoms with Gasteiger partial charge in [-0.05, 0) is 44.2 Å². The molecule has 0 heterocycles. The fourth-order valence-electron chi connectivity index (χ4n) is 2.46. The number of nitrogens with one attached hydrogen (secondary N) is 2. The van der Waals surface area contributed by atoms with E-state index in [1.165, 1.54) is 25.1 Å². The number of anilines is 2. The number of carbonyl (C=O) groups excluding carboxylic acids is 3. The maximum atomic E-state index is 12.2. The van der Waals surface area contributed by atoms with Gasteiger partial charge in [-0.15, -0.1) is 0 Å². The van der Waals surface area contributed by atoms with Crippen LogP contribution in [0.2, 0.25) is 0 Å². The number of hydrogen-bond acceptors (Lipinski definition) is 8. The van der Waals surface area contributed by atoms with Gasteiger partial charge in [0.05, 0.1) is 29.1 Å². The lowest BCUT2D eigenvalue weighted by Gasteiger charge is -2.07. The Morgan fingerprint density at radius 3 is 2.42 bits per heavy atom. The van der Waals surface area contributed by atoms with Crippen LogP contribution in [0.1, 0.15) is 41.0 Å². The molecule has 31 heavy (non-hydrogen) atoms. The minimum atomic E-state index is -0.704. The van der Waals surface area contributed by atoms with E-state index < -0.39 is 16.8 Å². The van der Waals surface area contributed by atoms with Crippen molar-refractivity contribution in [3.05, 3.63) is 63.7 Å². The number of hydrogen-bond donors (Lipinski definition) is 3. The first-order valence-corrected chi connectivity index (χ1v) is 9.15. The van der Waals surface area contributed by atoms with Crippen LogP contribution in [0.4, 0.5) is 17.1 Å². The second-order valence-electron chi connectivity index (χ2n) is 6.38. The zero-order valence-corrected chi connectivity index (χ0v) is 16.9. The first-order valence-electron chi connectivity index (χ1n) is 9.15. The summed E-state index contributed by atoms with van der Waals surface area (Å²) in [5.41, 5.74) is 8.65. The second kappa shape index (κ2) is 10.5. The molecule has 11 heteroatoms. The molecule has 0 fully saturated rings. The highest BCUT2D eigenvalue weighted by atomic mass is 16.6. The standard InChI is InChI=1S/C20H21N5O6/c1-3-31-20(28)13-4-6-16(7-5-13)22-18(26)8-12(2)23-24-19(27)14-9-15(21)11-17(10-14)25(29)30/h4-7,9-11H,3,8,21H2,1-2H3,(H,22,26)(H,24,27)/b23-12+. The summed E-state index contributed by atoms with van der Waals surface area (Å²) in [6, 6.07) is 9.66. The van der Waals surface area contributed by atoms with E-state index in [-0.39, 0.29) is 35.9 Å². The number of amides is 2. The zero-order chi connectivity index (χ0) is 23.0. The molecule has 2 aromatic rings. The fourth-order valence-corrected chi connectivity index (χ4v) is 2.46. The third-order valence-electron chi connectivity index (χ3n) is 3.86. The third kappa shape index (κ3) is 6.92. The summed E-state index contributed by atoms with van der Waals surface area (Å²) >= 11 is 0.